The third kappa shape index (κ3) is 1.75. The van der Waals surface area contributed by atoms with Crippen LogP contribution in [-0.4, -0.2) is 53.5 Å². The van der Waals surface area contributed by atoms with Crippen molar-refractivity contribution in [2.24, 2.45) is 0 Å². The molecular formula is C7H13O5. The van der Waals surface area contributed by atoms with E-state index in [0.717, 1.165) is 6.61 Å². The number of aliphatic hydroxyl groups excluding tert-OH is 3. The lowest BCUT2D eigenvalue weighted by molar-refractivity contribution is -0.179. The summed E-state index contributed by atoms with van der Waals surface area (Å²) in [6, 6.07) is 0. The van der Waals surface area contributed by atoms with Crippen molar-refractivity contribution in [3.8, 4) is 0 Å². The molecule has 0 amide bonds. The van der Waals surface area contributed by atoms with E-state index in [1.54, 1.807) is 0 Å². The molecule has 1 aliphatic heterocycles. The van der Waals surface area contributed by atoms with Gasteiger partial charge in [-0.05, 0) is 0 Å². The zero-order valence-electron chi connectivity index (χ0n) is 6.75. The fraction of sp³-hybridized carbons (Fsp3) is 0.857. The van der Waals surface area contributed by atoms with Gasteiger partial charge in [0.1, 0.15) is 31.0 Å². The van der Waals surface area contributed by atoms with Gasteiger partial charge in [0, 0.05) is 7.11 Å². The smallest absolute Gasteiger partial charge is 0.115 e. The van der Waals surface area contributed by atoms with E-state index >= 15 is 0 Å². The van der Waals surface area contributed by atoms with Gasteiger partial charge in [0.05, 0.1) is 6.61 Å². The van der Waals surface area contributed by atoms with Crippen LogP contribution in [0.15, 0.2) is 0 Å². The van der Waals surface area contributed by atoms with Crippen LogP contribution in [0.25, 0.3) is 0 Å². The highest BCUT2D eigenvalue weighted by molar-refractivity contribution is 4.92. The summed E-state index contributed by atoms with van der Waals surface area (Å²) in [5.41, 5.74) is 0. The second-order valence-corrected chi connectivity index (χ2v) is 2.67. The second-order valence-electron chi connectivity index (χ2n) is 2.67. The zero-order valence-corrected chi connectivity index (χ0v) is 6.75. The van der Waals surface area contributed by atoms with Crippen molar-refractivity contribution in [1.29, 1.82) is 0 Å². The van der Waals surface area contributed by atoms with Crippen molar-refractivity contribution in [3.05, 3.63) is 6.61 Å². The van der Waals surface area contributed by atoms with Crippen LogP contribution < -0.4 is 0 Å². The Bertz CT molecular complexity index is 140. The van der Waals surface area contributed by atoms with Gasteiger partial charge in [-0.25, -0.2) is 0 Å². The van der Waals surface area contributed by atoms with Crippen LogP contribution in [0.1, 0.15) is 0 Å². The molecular weight excluding hydrogens is 164 g/mol. The topological polar surface area (TPSA) is 79.2 Å². The summed E-state index contributed by atoms with van der Waals surface area (Å²) in [7, 11) is 1.38. The molecule has 5 nitrogen and oxygen atoms in total. The molecule has 1 saturated heterocycles. The van der Waals surface area contributed by atoms with Crippen molar-refractivity contribution in [1.82, 2.24) is 0 Å². The van der Waals surface area contributed by atoms with Crippen LogP contribution in [0.2, 0.25) is 0 Å². The highest BCUT2D eigenvalue weighted by atomic mass is 16.6. The molecule has 5 heteroatoms. The molecule has 0 aromatic rings. The quantitative estimate of drug-likeness (QED) is 0.467. The SMILES string of the molecule is CO[C@H]1[C@H](O)[C@@H](CO)O[CH][C@@H]1O. The lowest BCUT2D eigenvalue weighted by atomic mass is 10.0. The number of hydrogen-bond acceptors (Lipinski definition) is 5. The molecule has 0 aliphatic carbocycles. The van der Waals surface area contributed by atoms with Crippen LogP contribution in [0.5, 0.6) is 0 Å². The second kappa shape index (κ2) is 4.15. The lowest BCUT2D eigenvalue weighted by Gasteiger charge is -2.35. The molecule has 1 heterocycles. The van der Waals surface area contributed by atoms with Gasteiger partial charge in [-0.15, -0.1) is 0 Å². The van der Waals surface area contributed by atoms with Crippen molar-refractivity contribution < 1.29 is 24.8 Å². The molecule has 0 aromatic heterocycles. The lowest BCUT2D eigenvalue weighted by Crippen LogP contribution is -2.52. The normalized spacial score (nSPS) is 43.0. The average Bonchev–Trinajstić information content (AvgIpc) is 2.06. The molecule has 1 aliphatic rings. The summed E-state index contributed by atoms with van der Waals surface area (Å²) in [5.74, 6) is 0. The number of rotatable bonds is 2. The first-order valence-corrected chi connectivity index (χ1v) is 3.69. The Kier molecular flexibility index (Phi) is 3.42. The fourth-order valence-corrected chi connectivity index (χ4v) is 1.18. The molecule has 0 unspecified atom stereocenters. The maximum atomic E-state index is 9.41. The standard InChI is InChI=1S/C7H13O5/c1-11-7-4(9)3-12-5(2-8)6(7)10/h3-10H,2H2,1H3/t4-,5+,6+,7+/m0/s1. The van der Waals surface area contributed by atoms with Crippen molar-refractivity contribution in [2.45, 2.75) is 24.4 Å². The minimum atomic E-state index is -1.00. The van der Waals surface area contributed by atoms with E-state index in [2.05, 4.69) is 0 Å². The Hall–Kier alpha value is -0.200. The number of methoxy groups -OCH3 is 1. The Balaban J connectivity index is 2.56. The molecule has 0 aromatic carbocycles. The monoisotopic (exact) mass is 177 g/mol. The van der Waals surface area contributed by atoms with Gasteiger partial charge in [-0.1, -0.05) is 0 Å². The van der Waals surface area contributed by atoms with Crippen LogP contribution in [0, 0.1) is 6.61 Å². The van der Waals surface area contributed by atoms with Crippen molar-refractivity contribution in [2.75, 3.05) is 13.7 Å². The van der Waals surface area contributed by atoms with E-state index in [4.69, 9.17) is 14.6 Å². The largest absolute Gasteiger partial charge is 0.394 e. The first kappa shape index (κ1) is 9.88. The van der Waals surface area contributed by atoms with E-state index < -0.39 is 24.4 Å². The van der Waals surface area contributed by atoms with E-state index in [9.17, 15) is 10.2 Å². The summed E-state index contributed by atoms with van der Waals surface area (Å²) in [6.07, 6.45) is -3.39. The molecule has 12 heavy (non-hydrogen) atoms. The van der Waals surface area contributed by atoms with Gasteiger partial charge in [0.25, 0.3) is 0 Å². The van der Waals surface area contributed by atoms with Crippen LogP contribution in [-0.2, 0) is 9.47 Å². The number of ether oxygens (including phenoxy) is 2. The zero-order chi connectivity index (χ0) is 9.14. The highest BCUT2D eigenvalue weighted by Crippen LogP contribution is 2.19. The molecule has 0 spiro atoms. The summed E-state index contributed by atoms with van der Waals surface area (Å²) in [4.78, 5) is 0. The summed E-state index contributed by atoms with van der Waals surface area (Å²) in [6.45, 7) is 0.853. The number of hydrogen-bond donors (Lipinski definition) is 3. The van der Waals surface area contributed by atoms with E-state index in [1.165, 1.54) is 7.11 Å². The number of aliphatic hydroxyl groups is 3. The molecule has 71 valence electrons. The van der Waals surface area contributed by atoms with E-state index in [0.29, 0.717) is 0 Å². The van der Waals surface area contributed by atoms with Crippen LogP contribution in [0.3, 0.4) is 0 Å². The fourth-order valence-electron chi connectivity index (χ4n) is 1.18. The summed E-state index contributed by atoms with van der Waals surface area (Å²) in [5, 5.41) is 27.3. The average molecular weight is 177 g/mol. The predicted molar refractivity (Wildman–Crippen MR) is 39.1 cm³/mol. The highest BCUT2D eigenvalue weighted by Gasteiger charge is 2.38. The molecule has 0 saturated carbocycles. The summed E-state index contributed by atoms with van der Waals surface area (Å²) < 4.78 is 9.65. The van der Waals surface area contributed by atoms with Crippen molar-refractivity contribution >= 4 is 0 Å². The van der Waals surface area contributed by atoms with Gasteiger partial charge in [0.15, 0.2) is 0 Å². The minimum absolute atomic E-state index is 0.301. The molecule has 1 radical (unpaired) electrons. The Labute approximate surface area is 70.5 Å². The third-order valence-corrected chi connectivity index (χ3v) is 1.90. The van der Waals surface area contributed by atoms with E-state index in [-0.39, 0.29) is 6.61 Å². The Morgan fingerprint density at radius 3 is 2.67 bits per heavy atom. The van der Waals surface area contributed by atoms with Gasteiger partial charge >= 0.3 is 0 Å². The first-order valence-electron chi connectivity index (χ1n) is 3.69. The first-order chi connectivity index (χ1) is 5.70. The van der Waals surface area contributed by atoms with Gasteiger partial charge < -0.3 is 24.8 Å². The molecule has 0 bridgehead atoms. The van der Waals surface area contributed by atoms with E-state index in [1.807, 2.05) is 0 Å². The molecule has 1 rings (SSSR count). The van der Waals surface area contributed by atoms with Crippen molar-refractivity contribution in [3.63, 3.8) is 0 Å². The molecule has 1 fully saturated rings. The Morgan fingerprint density at radius 1 is 1.50 bits per heavy atom. The summed E-state index contributed by atoms with van der Waals surface area (Å²) >= 11 is 0. The minimum Gasteiger partial charge on any atom is -0.394 e. The third-order valence-electron chi connectivity index (χ3n) is 1.90. The molecule has 3 N–H and O–H groups in total. The molecule has 4 atom stereocenters. The maximum Gasteiger partial charge on any atom is 0.115 e. The van der Waals surface area contributed by atoms with Gasteiger partial charge in [-0.3, -0.25) is 0 Å². The Morgan fingerprint density at radius 2 is 2.17 bits per heavy atom. The van der Waals surface area contributed by atoms with Gasteiger partial charge in [0.2, 0.25) is 0 Å². The predicted octanol–water partition coefficient (Wildman–Crippen LogP) is -1.72. The van der Waals surface area contributed by atoms with Crippen LogP contribution in [0.4, 0.5) is 0 Å². The maximum absolute atomic E-state index is 9.41. The van der Waals surface area contributed by atoms with Gasteiger partial charge in [-0.2, -0.15) is 0 Å². The van der Waals surface area contributed by atoms with Crippen LogP contribution >= 0.6 is 0 Å².